The highest BCUT2D eigenvalue weighted by molar-refractivity contribution is 5.78. The second-order valence-corrected chi connectivity index (χ2v) is 4.75. The van der Waals surface area contributed by atoms with Crippen LogP contribution in [-0.2, 0) is 4.79 Å². The normalized spacial score (nSPS) is 14.9. The van der Waals surface area contributed by atoms with Crippen LogP contribution in [0.25, 0.3) is 0 Å². The second kappa shape index (κ2) is 8.48. The number of carbonyl (C=O) groups is 1. The summed E-state index contributed by atoms with van der Waals surface area (Å²) in [4.78, 5) is 13.6. The lowest BCUT2D eigenvalue weighted by Crippen LogP contribution is -2.51. The van der Waals surface area contributed by atoms with Gasteiger partial charge in [0, 0.05) is 6.54 Å². The molecule has 2 N–H and O–H groups in total. The van der Waals surface area contributed by atoms with E-state index in [9.17, 15) is 9.90 Å². The Balaban J connectivity index is 4.28. The number of hydrogen-bond donors (Lipinski definition) is 2. The van der Waals surface area contributed by atoms with Gasteiger partial charge in [-0.2, -0.15) is 0 Å². The van der Waals surface area contributed by atoms with Crippen molar-refractivity contribution in [1.29, 1.82) is 0 Å². The molecule has 0 bridgehead atoms. The van der Waals surface area contributed by atoms with Crippen LogP contribution in [-0.4, -0.2) is 47.7 Å². The van der Waals surface area contributed by atoms with E-state index in [2.05, 4.69) is 24.1 Å². The standard InChI is InChI=1S/C13H28N2O2/c1-5-9-14-13(4,12(16)17)8-11-15(7-3)10-6-2/h14H,5-11H2,1-4H3,(H,16,17). The summed E-state index contributed by atoms with van der Waals surface area (Å²) in [5.74, 6) is -0.751. The van der Waals surface area contributed by atoms with Crippen molar-refractivity contribution >= 4 is 5.97 Å². The van der Waals surface area contributed by atoms with Crippen molar-refractivity contribution in [3.05, 3.63) is 0 Å². The third-order valence-corrected chi connectivity index (χ3v) is 3.15. The third-order valence-electron chi connectivity index (χ3n) is 3.15. The first-order valence-corrected chi connectivity index (χ1v) is 6.70. The summed E-state index contributed by atoms with van der Waals surface area (Å²) in [5.41, 5.74) is -0.794. The molecule has 4 heteroatoms. The summed E-state index contributed by atoms with van der Waals surface area (Å²) >= 11 is 0. The minimum atomic E-state index is -0.794. The van der Waals surface area contributed by atoms with Crippen molar-refractivity contribution in [3.8, 4) is 0 Å². The molecule has 1 atom stereocenters. The molecule has 0 saturated heterocycles. The lowest BCUT2D eigenvalue weighted by atomic mass is 9.97. The molecule has 0 amide bonds. The van der Waals surface area contributed by atoms with Crippen molar-refractivity contribution in [2.45, 2.75) is 52.5 Å². The van der Waals surface area contributed by atoms with Crippen LogP contribution in [0.5, 0.6) is 0 Å². The van der Waals surface area contributed by atoms with E-state index in [1.54, 1.807) is 6.92 Å². The van der Waals surface area contributed by atoms with E-state index >= 15 is 0 Å². The molecule has 0 aliphatic rings. The Morgan fingerprint density at radius 3 is 2.29 bits per heavy atom. The van der Waals surface area contributed by atoms with E-state index in [0.29, 0.717) is 6.42 Å². The lowest BCUT2D eigenvalue weighted by molar-refractivity contribution is -0.144. The van der Waals surface area contributed by atoms with Crippen LogP contribution < -0.4 is 5.32 Å². The van der Waals surface area contributed by atoms with Crippen molar-refractivity contribution in [3.63, 3.8) is 0 Å². The van der Waals surface area contributed by atoms with E-state index < -0.39 is 11.5 Å². The van der Waals surface area contributed by atoms with Crippen LogP contribution in [0.1, 0.15) is 47.0 Å². The van der Waals surface area contributed by atoms with E-state index in [-0.39, 0.29) is 0 Å². The van der Waals surface area contributed by atoms with Gasteiger partial charge >= 0.3 is 5.97 Å². The predicted molar refractivity (Wildman–Crippen MR) is 71.4 cm³/mol. The maximum atomic E-state index is 11.3. The fourth-order valence-corrected chi connectivity index (χ4v) is 1.80. The number of aliphatic carboxylic acids is 1. The summed E-state index contributed by atoms with van der Waals surface area (Å²) in [5, 5.41) is 12.4. The molecule has 0 aromatic heterocycles. The van der Waals surface area contributed by atoms with Gasteiger partial charge in [0.2, 0.25) is 0 Å². The molecule has 0 aliphatic heterocycles. The van der Waals surface area contributed by atoms with Gasteiger partial charge in [-0.1, -0.05) is 20.8 Å². The van der Waals surface area contributed by atoms with Gasteiger partial charge in [-0.3, -0.25) is 4.79 Å². The first kappa shape index (κ1) is 16.4. The molecule has 0 fully saturated rings. The average Bonchev–Trinajstić information content (AvgIpc) is 2.31. The summed E-state index contributed by atoms with van der Waals surface area (Å²) in [7, 11) is 0. The van der Waals surface area contributed by atoms with Gasteiger partial charge in [0.1, 0.15) is 5.54 Å². The van der Waals surface area contributed by atoms with Gasteiger partial charge in [0.25, 0.3) is 0 Å². The van der Waals surface area contributed by atoms with Crippen molar-refractivity contribution in [2.75, 3.05) is 26.2 Å². The molecular formula is C13H28N2O2. The molecule has 17 heavy (non-hydrogen) atoms. The highest BCUT2D eigenvalue weighted by Gasteiger charge is 2.32. The monoisotopic (exact) mass is 244 g/mol. The quantitative estimate of drug-likeness (QED) is 0.617. The largest absolute Gasteiger partial charge is 0.480 e. The van der Waals surface area contributed by atoms with Crippen molar-refractivity contribution in [1.82, 2.24) is 10.2 Å². The van der Waals surface area contributed by atoms with Gasteiger partial charge in [0.15, 0.2) is 0 Å². The Bertz CT molecular complexity index is 221. The van der Waals surface area contributed by atoms with Gasteiger partial charge in [-0.05, 0) is 45.8 Å². The molecule has 0 aliphatic carbocycles. The van der Waals surface area contributed by atoms with Crippen LogP contribution in [0.15, 0.2) is 0 Å². The summed E-state index contributed by atoms with van der Waals surface area (Å²) in [6.45, 7) is 11.7. The Hall–Kier alpha value is -0.610. The number of hydrogen-bond acceptors (Lipinski definition) is 3. The Kier molecular flexibility index (Phi) is 8.17. The van der Waals surface area contributed by atoms with E-state index in [1.165, 1.54) is 0 Å². The number of nitrogens with zero attached hydrogens (tertiary/aromatic N) is 1. The molecule has 4 nitrogen and oxygen atoms in total. The fourth-order valence-electron chi connectivity index (χ4n) is 1.80. The summed E-state index contributed by atoms with van der Waals surface area (Å²) < 4.78 is 0. The second-order valence-electron chi connectivity index (χ2n) is 4.75. The molecule has 0 rings (SSSR count). The van der Waals surface area contributed by atoms with Crippen LogP contribution in [0.3, 0.4) is 0 Å². The molecule has 1 unspecified atom stereocenters. The topological polar surface area (TPSA) is 52.6 Å². The van der Waals surface area contributed by atoms with E-state index in [0.717, 1.165) is 39.0 Å². The Labute approximate surface area is 105 Å². The van der Waals surface area contributed by atoms with Gasteiger partial charge in [-0.25, -0.2) is 0 Å². The molecule has 0 saturated carbocycles. The van der Waals surface area contributed by atoms with Gasteiger partial charge in [-0.15, -0.1) is 0 Å². The maximum Gasteiger partial charge on any atom is 0.323 e. The van der Waals surface area contributed by atoms with Gasteiger partial charge < -0.3 is 15.3 Å². The van der Waals surface area contributed by atoms with E-state index in [4.69, 9.17) is 0 Å². The van der Waals surface area contributed by atoms with Crippen LogP contribution in [0, 0.1) is 0 Å². The predicted octanol–water partition coefficient (Wildman–Crippen LogP) is 1.95. The van der Waals surface area contributed by atoms with Crippen molar-refractivity contribution in [2.24, 2.45) is 0 Å². The van der Waals surface area contributed by atoms with Crippen LogP contribution >= 0.6 is 0 Å². The summed E-state index contributed by atoms with van der Waals surface area (Å²) in [6.07, 6.45) is 2.71. The SMILES string of the molecule is CCCNC(C)(CCN(CC)CCC)C(=O)O. The molecule has 102 valence electrons. The first-order chi connectivity index (χ1) is 8.00. The number of carboxylic acids is 1. The number of nitrogens with one attached hydrogen (secondary N) is 1. The maximum absolute atomic E-state index is 11.3. The zero-order valence-electron chi connectivity index (χ0n) is 11.8. The lowest BCUT2D eigenvalue weighted by Gasteiger charge is -2.29. The zero-order valence-corrected chi connectivity index (χ0v) is 11.8. The Morgan fingerprint density at radius 2 is 1.88 bits per heavy atom. The zero-order chi connectivity index (χ0) is 13.3. The van der Waals surface area contributed by atoms with Crippen LogP contribution in [0.4, 0.5) is 0 Å². The minimum Gasteiger partial charge on any atom is -0.480 e. The van der Waals surface area contributed by atoms with Crippen LogP contribution in [0.2, 0.25) is 0 Å². The smallest absolute Gasteiger partial charge is 0.323 e. The number of rotatable bonds is 10. The minimum absolute atomic E-state index is 0.649. The molecule has 0 spiro atoms. The third kappa shape index (κ3) is 6.03. The highest BCUT2D eigenvalue weighted by atomic mass is 16.4. The highest BCUT2D eigenvalue weighted by Crippen LogP contribution is 2.11. The molecule has 0 radical (unpaired) electrons. The molecular weight excluding hydrogens is 216 g/mol. The fraction of sp³-hybridized carbons (Fsp3) is 0.923. The average molecular weight is 244 g/mol. The molecule has 0 aromatic rings. The summed E-state index contributed by atoms with van der Waals surface area (Å²) in [6, 6.07) is 0. The molecule has 0 heterocycles. The van der Waals surface area contributed by atoms with E-state index in [1.807, 2.05) is 6.92 Å². The number of carboxylic acid groups (broad SMARTS) is 1. The Morgan fingerprint density at radius 1 is 1.24 bits per heavy atom. The van der Waals surface area contributed by atoms with Crippen molar-refractivity contribution < 1.29 is 9.90 Å². The van der Waals surface area contributed by atoms with Gasteiger partial charge in [0.05, 0.1) is 0 Å². The molecule has 0 aromatic carbocycles. The first-order valence-electron chi connectivity index (χ1n) is 6.70.